The topological polar surface area (TPSA) is 46.2 Å². The molecule has 3 N–H and O–H groups in total. The zero-order chi connectivity index (χ0) is 10.6. The van der Waals surface area contributed by atoms with E-state index in [1.165, 1.54) is 6.07 Å². The maximum absolute atomic E-state index is 13.3. The van der Waals surface area contributed by atoms with Gasteiger partial charge in [0.1, 0.15) is 11.6 Å². The minimum Gasteiger partial charge on any atom is -0.508 e. The molecule has 0 aromatic heterocycles. The van der Waals surface area contributed by atoms with Crippen LogP contribution in [0.3, 0.4) is 0 Å². The largest absolute Gasteiger partial charge is 0.508 e. The Morgan fingerprint density at radius 2 is 2.13 bits per heavy atom. The molecule has 0 saturated heterocycles. The molecule has 1 atom stereocenters. The van der Waals surface area contributed by atoms with Gasteiger partial charge in [-0.2, -0.15) is 0 Å². The van der Waals surface area contributed by atoms with Gasteiger partial charge in [-0.1, -0.05) is 25.8 Å². The molecule has 0 radical (unpaired) electrons. The number of hydrogen-bond donors (Lipinski definition) is 2. The molecular formula is C11H17ClFNO. The third-order valence-corrected chi connectivity index (χ3v) is 2.25. The van der Waals surface area contributed by atoms with Crippen LogP contribution in [0.1, 0.15) is 37.8 Å². The third kappa shape index (κ3) is 4.06. The molecule has 2 nitrogen and oxygen atoms in total. The fourth-order valence-electron chi connectivity index (χ4n) is 1.40. The first kappa shape index (κ1) is 14.2. The molecule has 15 heavy (non-hydrogen) atoms. The van der Waals surface area contributed by atoms with E-state index in [9.17, 15) is 4.39 Å². The predicted octanol–water partition coefficient (Wildman–Crippen LogP) is 3.14. The zero-order valence-electron chi connectivity index (χ0n) is 8.74. The lowest BCUT2D eigenvalue weighted by atomic mass is 10.0. The van der Waals surface area contributed by atoms with Gasteiger partial charge >= 0.3 is 0 Å². The Balaban J connectivity index is 0.00000196. The number of rotatable bonds is 4. The standard InChI is InChI=1S/C11H16FNO.ClH/c1-2-3-4-11(13)9-6-5-8(14)7-10(9)12;/h5-7,11,14H,2-4,13H2,1H3;1H/t11-;/m1./s1. The average Bonchev–Trinajstić information content (AvgIpc) is 2.14. The molecule has 86 valence electrons. The van der Waals surface area contributed by atoms with E-state index in [0.29, 0.717) is 5.56 Å². The van der Waals surface area contributed by atoms with E-state index in [4.69, 9.17) is 10.8 Å². The minimum atomic E-state index is -0.423. The highest BCUT2D eigenvalue weighted by atomic mass is 35.5. The van der Waals surface area contributed by atoms with Gasteiger partial charge in [-0.25, -0.2) is 4.39 Å². The van der Waals surface area contributed by atoms with Crippen molar-refractivity contribution in [2.75, 3.05) is 0 Å². The van der Waals surface area contributed by atoms with Crippen molar-refractivity contribution in [1.29, 1.82) is 0 Å². The quantitative estimate of drug-likeness (QED) is 0.839. The monoisotopic (exact) mass is 233 g/mol. The molecule has 0 amide bonds. The number of unbranched alkanes of at least 4 members (excludes halogenated alkanes) is 1. The molecule has 0 heterocycles. The number of aromatic hydroxyl groups is 1. The molecule has 0 aliphatic heterocycles. The highest BCUT2D eigenvalue weighted by molar-refractivity contribution is 5.85. The van der Waals surface area contributed by atoms with Gasteiger partial charge in [0.05, 0.1) is 0 Å². The summed E-state index contributed by atoms with van der Waals surface area (Å²) in [6.45, 7) is 2.07. The van der Waals surface area contributed by atoms with Crippen LogP contribution in [-0.4, -0.2) is 5.11 Å². The Morgan fingerprint density at radius 3 is 2.67 bits per heavy atom. The number of halogens is 2. The molecule has 0 bridgehead atoms. The van der Waals surface area contributed by atoms with Gasteiger partial charge in [-0.05, 0) is 12.5 Å². The highest BCUT2D eigenvalue weighted by Crippen LogP contribution is 2.22. The summed E-state index contributed by atoms with van der Waals surface area (Å²) in [5.74, 6) is -0.484. The molecule has 0 spiro atoms. The van der Waals surface area contributed by atoms with Crippen LogP contribution < -0.4 is 5.73 Å². The molecule has 1 aromatic carbocycles. The van der Waals surface area contributed by atoms with Crippen molar-refractivity contribution in [3.05, 3.63) is 29.6 Å². The molecular weight excluding hydrogens is 217 g/mol. The summed E-state index contributed by atoms with van der Waals surface area (Å²) in [4.78, 5) is 0. The summed E-state index contributed by atoms with van der Waals surface area (Å²) in [7, 11) is 0. The third-order valence-electron chi connectivity index (χ3n) is 2.25. The summed E-state index contributed by atoms with van der Waals surface area (Å²) >= 11 is 0. The summed E-state index contributed by atoms with van der Waals surface area (Å²) in [6, 6.07) is 3.84. The van der Waals surface area contributed by atoms with Gasteiger partial charge in [0, 0.05) is 17.7 Å². The molecule has 4 heteroatoms. The Hall–Kier alpha value is -0.800. The van der Waals surface area contributed by atoms with E-state index >= 15 is 0 Å². The Labute approximate surface area is 95.7 Å². The molecule has 1 aromatic rings. The first-order chi connectivity index (χ1) is 6.65. The summed E-state index contributed by atoms with van der Waals surface area (Å²) in [5, 5.41) is 9.01. The van der Waals surface area contributed by atoms with Crippen LogP contribution in [0.2, 0.25) is 0 Å². The van der Waals surface area contributed by atoms with Crippen LogP contribution in [0.5, 0.6) is 5.75 Å². The number of hydrogen-bond acceptors (Lipinski definition) is 2. The SMILES string of the molecule is CCCC[C@@H](N)c1ccc(O)cc1F.Cl. The summed E-state index contributed by atoms with van der Waals surface area (Å²) in [5.41, 5.74) is 6.29. The maximum Gasteiger partial charge on any atom is 0.131 e. The lowest BCUT2D eigenvalue weighted by Gasteiger charge is -2.12. The van der Waals surface area contributed by atoms with Crippen molar-refractivity contribution in [3.63, 3.8) is 0 Å². The zero-order valence-corrected chi connectivity index (χ0v) is 9.56. The van der Waals surface area contributed by atoms with Crippen molar-refractivity contribution < 1.29 is 9.50 Å². The number of benzene rings is 1. The molecule has 0 saturated carbocycles. The normalized spacial score (nSPS) is 11.9. The van der Waals surface area contributed by atoms with E-state index in [0.717, 1.165) is 25.3 Å². The fourth-order valence-corrected chi connectivity index (χ4v) is 1.40. The molecule has 0 fully saturated rings. The smallest absolute Gasteiger partial charge is 0.131 e. The van der Waals surface area contributed by atoms with Crippen LogP contribution >= 0.6 is 12.4 Å². The summed E-state index contributed by atoms with van der Waals surface area (Å²) in [6.07, 6.45) is 2.81. The minimum absolute atomic E-state index is 0. The molecule has 0 aliphatic rings. The van der Waals surface area contributed by atoms with Crippen molar-refractivity contribution in [1.82, 2.24) is 0 Å². The van der Waals surface area contributed by atoms with Crippen molar-refractivity contribution in [3.8, 4) is 5.75 Å². The van der Waals surface area contributed by atoms with Gasteiger partial charge in [0.15, 0.2) is 0 Å². The Bertz CT molecular complexity index is 307. The van der Waals surface area contributed by atoms with Crippen molar-refractivity contribution in [2.24, 2.45) is 5.73 Å². The van der Waals surface area contributed by atoms with Crippen molar-refractivity contribution >= 4 is 12.4 Å². The van der Waals surface area contributed by atoms with E-state index in [2.05, 4.69) is 6.92 Å². The second-order valence-corrected chi connectivity index (χ2v) is 3.45. The van der Waals surface area contributed by atoms with Crippen molar-refractivity contribution in [2.45, 2.75) is 32.2 Å². The van der Waals surface area contributed by atoms with Gasteiger partial charge in [-0.15, -0.1) is 12.4 Å². The van der Waals surface area contributed by atoms with Crippen LogP contribution in [-0.2, 0) is 0 Å². The fraction of sp³-hybridized carbons (Fsp3) is 0.455. The average molecular weight is 234 g/mol. The predicted molar refractivity (Wildman–Crippen MR) is 61.8 cm³/mol. The van der Waals surface area contributed by atoms with Gasteiger partial charge in [0.25, 0.3) is 0 Å². The van der Waals surface area contributed by atoms with E-state index in [1.54, 1.807) is 6.07 Å². The number of phenols is 1. The van der Waals surface area contributed by atoms with Crippen LogP contribution in [0.25, 0.3) is 0 Å². The first-order valence-corrected chi connectivity index (χ1v) is 4.89. The second kappa shape index (κ2) is 6.64. The highest BCUT2D eigenvalue weighted by Gasteiger charge is 2.10. The molecule has 0 unspecified atom stereocenters. The lowest BCUT2D eigenvalue weighted by Crippen LogP contribution is -2.11. The van der Waals surface area contributed by atoms with Crippen LogP contribution in [0, 0.1) is 5.82 Å². The Morgan fingerprint density at radius 1 is 1.47 bits per heavy atom. The van der Waals surface area contributed by atoms with Crippen LogP contribution in [0.4, 0.5) is 4.39 Å². The van der Waals surface area contributed by atoms with E-state index in [-0.39, 0.29) is 24.2 Å². The Kier molecular flexibility index (Phi) is 6.29. The molecule has 1 rings (SSSR count). The number of phenolic OH excluding ortho intramolecular Hbond substituents is 1. The summed E-state index contributed by atoms with van der Waals surface area (Å²) < 4.78 is 13.3. The number of nitrogens with two attached hydrogens (primary N) is 1. The van der Waals surface area contributed by atoms with E-state index in [1.807, 2.05) is 0 Å². The van der Waals surface area contributed by atoms with Crippen LogP contribution in [0.15, 0.2) is 18.2 Å². The van der Waals surface area contributed by atoms with Gasteiger partial charge in [-0.3, -0.25) is 0 Å². The van der Waals surface area contributed by atoms with Gasteiger partial charge < -0.3 is 10.8 Å². The van der Waals surface area contributed by atoms with E-state index < -0.39 is 5.82 Å². The first-order valence-electron chi connectivity index (χ1n) is 4.89. The van der Waals surface area contributed by atoms with Gasteiger partial charge in [0.2, 0.25) is 0 Å². The second-order valence-electron chi connectivity index (χ2n) is 3.45. The lowest BCUT2D eigenvalue weighted by molar-refractivity contribution is 0.465. The molecule has 0 aliphatic carbocycles. The maximum atomic E-state index is 13.3.